The van der Waals surface area contributed by atoms with Crippen molar-refractivity contribution in [3.05, 3.63) is 59.1 Å². The Morgan fingerprint density at radius 2 is 1.70 bits per heavy atom. The number of sulfonamides is 1. The molecule has 1 fully saturated rings. The van der Waals surface area contributed by atoms with Crippen molar-refractivity contribution in [3.8, 4) is 0 Å². The minimum atomic E-state index is -3.98. The fraction of sp³-hybridized carbons (Fsp3) is 0.368. The van der Waals surface area contributed by atoms with Crippen molar-refractivity contribution in [2.24, 2.45) is 5.92 Å². The number of benzene rings is 2. The van der Waals surface area contributed by atoms with E-state index < -0.39 is 19.9 Å². The molecule has 0 heterocycles. The van der Waals surface area contributed by atoms with E-state index in [9.17, 15) is 16.8 Å². The largest absolute Gasteiger partial charge is 0.245 e. The summed E-state index contributed by atoms with van der Waals surface area (Å²) < 4.78 is 52.1. The maximum Gasteiger partial charge on any atom is 0.245 e. The lowest BCUT2D eigenvalue weighted by Gasteiger charge is -2.29. The second kappa shape index (κ2) is 7.54. The third-order valence-corrected chi connectivity index (χ3v) is 8.38. The summed E-state index contributed by atoms with van der Waals surface area (Å²) in [6.45, 7) is 2.10. The number of hydrogen-bond donors (Lipinski definition) is 0. The molecule has 0 unspecified atom stereocenters. The highest BCUT2D eigenvalue weighted by Crippen LogP contribution is 2.39. The number of halogens is 1. The highest BCUT2D eigenvalue weighted by Gasteiger charge is 2.39. The van der Waals surface area contributed by atoms with E-state index in [0.717, 1.165) is 30.7 Å². The molecule has 2 aromatic carbocycles. The zero-order valence-corrected chi connectivity index (χ0v) is 17.6. The van der Waals surface area contributed by atoms with Crippen LogP contribution in [0.3, 0.4) is 0 Å². The molecular weight excluding hydrogens is 406 g/mol. The first-order valence-corrected chi connectivity index (χ1v) is 12.4. The van der Waals surface area contributed by atoms with Gasteiger partial charge in [-0.2, -0.15) is 4.31 Å². The van der Waals surface area contributed by atoms with Gasteiger partial charge < -0.3 is 0 Å². The summed E-state index contributed by atoms with van der Waals surface area (Å²) in [7, 11) is -7.53. The molecule has 8 heteroatoms. The molecule has 0 aromatic heterocycles. The van der Waals surface area contributed by atoms with E-state index in [1.54, 1.807) is 0 Å². The Balaban J connectivity index is 2.07. The molecule has 1 aliphatic carbocycles. The van der Waals surface area contributed by atoms with Crippen LogP contribution >= 0.6 is 11.6 Å². The van der Waals surface area contributed by atoms with Gasteiger partial charge in [-0.15, -0.1) is 0 Å². The maximum absolute atomic E-state index is 13.5. The Hall–Kier alpha value is -1.41. The SMILES string of the molecule is C[C@@H](C1CC1)N(Cc1ccccc1)S(=O)(=O)c1cc(S(C)(=O)=O)ccc1Cl. The second-order valence-corrected chi connectivity index (χ2v) is 11.3. The molecule has 0 amide bonds. The fourth-order valence-electron chi connectivity index (χ4n) is 3.06. The smallest absolute Gasteiger partial charge is 0.224 e. The summed E-state index contributed by atoms with van der Waals surface area (Å²) >= 11 is 6.18. The number of sulfone groups is 1. The Kier molecular flexibility index (Phi) is 5.68. The van der Waals surface area contributed by atoms with E-state index in [0.29, 0.717) is 5.92 Å². The summed E-state index contributed by atoms with van der Waals surface area (Å²) in [6.07, 6.45) is 3.01. The summed E-state index contributed by atoms with van der Waals surface area (Å²) in [5.41, 5.74) is 0.865. The lowest BCUT2D eigenvalue weighted by atomic mass is 10.2. The van der Waals surface area contributed by atoms with Crippen LogP contribution in [0.15, 0.2) is 58.3 Å². The van der Waals surface area contributed by atoms with Crippen molar-refractivity contribution >= 4 is 31.5 Å². The van der Waals surface area contributed by atoms with Crippen LogP contribution in [0.25, 0.3) is 0 Å². The first-order valence-electron chi connectivity index (χ1n) is 8.66. The fourth-order valence-corrected chi connectivity index (χ4v) is 5.97. The molecule has 0 spiro atoms. The summed E-state index contributed by atoms with van der Waals surface area (Å²) in [5.74, 6) is 0.306. The minimum absolute atomic E-state index is 0.0171. The molecule has 1 saturated carbocycles. The molecule has 0 bridgehead atoms. The van der Waals surface area contributed by atoms with Gasteiger partial charge in [0.1, 0.15) is 4.90 Å². The first kappa shape index (κ1) is 20.3. The molecule has 27 heavy (non-hydrogen) atoms. The van der Waals surface area contributed by atoms with Gasteiger partial charge in [-0.25, -0.2) is 16.8 Å². The average Bonchev–Trinajstić information content (AvgIpc) is 3.44. The van der Waals surface area contributed by atoms with E-state index >= 15 is 0 Å². The molecule has 5 nitrogen and oxygen atoms in total. The van der Waals surface area contributed by atoms with Gasteiger partial charge in [0.05, 0.1) is 9.92 Å². The molecular formula is C19H22ClNO4S2. The van der Waals surface area contributed by atoms with Crippen molar-refractivity contribution in [2.75, 3.05) is 6.26 Å². The molecule has 1 atom stereocenters. The van der Waals surface area contributed by atoms with Gasteiger partial charge in [0, 0.05) is 18.8 Å². The van der Waals surface area contributed by atoms with Gasteiger partial charge in [-0.05, 0) is 49.4 Å². The highest BCUT2D eigenvalue weighted by molar-refractivity contribution is 7.91. The van der Waals surface area contributed by atoms with E-state index in [1.165, 1.54) is 16.4 Å². The monoisotopic (exact) mass is 427 g/mol. The third-order valence-electron chi connectivity index (χ3n) is 4.86. The van der Waals surface area contributed by atoms with Crippen LogP contribution in [0.5, 0.6) is 0 Å². The zero-order chi connectivity index (χ0) is 19.8. The van der Waals surface area contributed by atoms with Crippen molar-refractivity contribution in [3.63, 3.8) is 0 Å². The summed E-state index contributed by atoms with van der Waals surface area (Å²) in [4.78, 5) is -0.236. The van der Waals surface area contributed by atoms with Crippen molar-refractivity contribution < 1.29 is 16.8 Å². The van der Waals surface area contributed by atoms with E-state index in [4.69, 9.17) is 11.6 Å². The van der Waals surface area contributed by atoms with E-state index in [2.05, 4.69) is 0 Å². The Morgan fingerprint density at radius 1 is 1.07 bits per heavy atom. The zero-order valence-electron chi connectivity index (χ0n) is 15.2. The van der Waals surface area contributed by atoms with Crippen LogP contribution in [0.4, 0.5) is 0 Å². The Bertz CT molecular complexity index is 1030. The van der Waals surface area contributed by atoms with Crippen LogP contribution in [0, 0.1) is 5.92 Å². The molecule has 146 valence electrons. The predicted octanol–water partition coefficient (Wildman–Crippen LogP) is 3.73. The number of nitrogens with zero attached hydrogens (tertiary/aromatic N) is 1. The molecule has 2 aromatic rings. The van der Waals surface area contributed by atoms with E-state index in [-0.39, 0.29) is 27.4 Å². The van der Waals surface area contributed by atoms with Gasteiger partial charge in [-0.3, -0.25) is 0 Å². The van der Waals surface area contributed by atoms with Crippen LogP contribution in [0.1, 0.15) is 25.3 Å². The summed E-state index contributed by atoms with van der Waals surface area (Å²) in [6, 6.07) is 12.9. The predicted molar refractivity (Wildman–Crippen MR) is 106 cm³/mol. The Labute approximate surface area is 165 Å². The molecule has 0 radical (unpaired) electrons. The molecule has 0 N–H and O–H groups in total. The van der Waals surface area contributed by atoms with Crippen LogP contribution < -0.4 is 0 Å². The lowest BCUT2D eigenvalue weighted by molar-refractivity contribution is 0.303. The van der Waals surface area contributed by atoms with E-state index in [1.807, 2.05) is 37.3 Å². The Morgan fingerprint density at radius 3 is 2.26 bits per heavy atom. The van der Waals surface area contributed by atoms with Crippen LogP contribution in [0.2, 0.25) is 5.02 Å². The quantitative estimate of drug-likeness (QED) is 0.674. The third kappa shape index (κ3) is 4.54. The first-order chi connectivity index (χ1) is 12.6. The van der Waals surface area contributed by atoms with Gasteiger partial charge in [0.15, 0.2) is 9.84 Å². The standard InChI is InChI=1S/C19H22ClNO4S2/c1-14(16-8-9-16)21(13-15-6-4-3-5-7-15)27(24,25)19-12-17(26(2,22)23)10-11-18(19)20/h3-7,10-12,14,16H,8-9,13H2,1-2H3/t14-/m0/s1. The second-order valence-electron chi connectivity index (χ2n) is 6.98. The molecule has 0 aliphatic heterocycles. The van der Waals surface area contributed by atoms with Crippen LogP contribution in [-0.2, 0) is 26.4 Å². The molecule has 1 aliphatic rings. The lowest BCUT2D eigenvalue weighted by Crippen LogP contribution is -2.39. The van der Waals surface area contributed by atoms with Crippen molar-refractivity contribution in [1.29, 1.82) is 0 Å². The van der Waals surface area contributed by atoms with Gasteiger partial charge in [0.2, 0.25) is 10.0 Å². The highest BCUT2D eigenvalue weighted by atomic mass is 35.5. The maximum atomic E-state index is 13.5. The van der Waals surface area contributed by atoms with Gasteiger partial charge in [0.25, 0.3) is 0 Å². The van der Waals surface area contributed by atoms with Gasteiger partial charge in [-0.1, -0.05) is 41.9 Å². The molecule has 3 rings (SSSR count). The number of rotatable bonds is 7. The van der Waals surface area contributed by atoms with Crippen molar-refractivity contribution in [2.45, 2.75) is 42.1 Å². The number of hydrogen-bond acceptors (Lipinski definition) is 4. The molecule has 0 saturated heterocycles. The minimum Gasteiger partial charge on any atom is -0.224 e. The van der Waals surface area contributed by atoms with Crippen molar-refractivity contribution in [1.82, 2.24) is 4.31 Å². The van der Waals surface area contributed by atoms with Gasteiger partial charge >= 0.3 is 0 Å². The summed E-state index contributed by atoms with van der Waals surface area (Å²) in [5, 5.41) is 0.0171. The van der Waals surface area contributed by atoms with Crippen LogP contribution in [-0.4, -0.2) is 33.4 Å². The normalized spacial score (nSPS) is 16.4. The average molecular weight is 428 g/mol. The topological polar surface area (TPSA) is 71.5 Å².